The lowest BCUT2D eigenvalue weighted by Gasteiger charge is -2.14. The first-order valence-electron chi connectivity index (χ1n) is 8.19. The van der Waals surface area contributed by atoms with Gasteiger partial charge in [-0.1, -0.05) is 6.07 Å². The van der Waals surface area contributed by atoms with E-state index in [0.717, 1.165) is 22.6 Å². The molecule has 2 heterocycles. The predicted molar refractivity (Wildman–Crippen MR) is 95.4 cm³/mol. The summed E-state index contributed by atoms with van der Waals surface area (Å²) in [5, 5.41) is 8.18. The van der Waals surface area contributed by atoms with Gasteiger partial charge in [-0.2, -0.15) is 0 Å². The number of carbonyl (C=O) groups excluding carboxylic acids is 2. The number of nitrogens with zero attached hydrogens (tertiary/aromatic N) is 1. The number of rotatable bonds is 6. The molecule has 0 aliphatic carbocycles. The summed E-state index contributed by atoms with van der Waals surface area (Å²) >= 11 is 0. The Hall–Kier alpha value is -2.83. The predicted octanol–water partition coefficient (Wildman–Crippen LogP) is 2.99. The first-order chi connectivity index (χ1) is 11.8. The zero-order valence-corrected chi connectivity index (χ0v) is 15.0. The highest BCUT2D eigenvalue weighted by molar-refractivity contribution is 5.90. The summed E-state index contributed by atoms with van der Waals surface area (Å²) in [5.74, 6) is 1.89. The van der Waals surface area contributed by atoms with Gasteiger partial charge >= 0.3 is 6.03 Å². The van der Waals surface area contributed by atoms with Crippen LogP contribution < -0.4 is 16.0 Å². The molecule has 0 bridgehead atoms. The summed E-state index contributed by atoms with van der Waals surface area (Å²) in [4.78, 5) is 27.9. The standard InChI is InChI=1S/C18H24N4O3/c1-11-5-6-16(20-10-11)22-17(23)7-8-19-18(24)21-13(3)15-9-12(2)25-14(15)4/h5-6,9-10,13H,7-8H2,1-4H3,(H2,19,21,24)(H,20,22,23)/t13-/m1/s1. The summed E-state index contributed by atoms with van der Waals surface area (Å²) in [6.45, 7) is 7.77. The summed E-state index contributed by atoms with van der Waals surface area (Å²) < 4.78 is 5.46. The second-order valence-corrected chi connectivity index (χ2v) is 6.01. The van der Waals surface area contributed by atoms with Crippen LogP contribution in [0.5, 0.6) is 0 Å². The molecule has 0 aliphatic rings. The number of hydrogen-bond donors (Lipinski definition) is 3. The minimum absolute atomic E-state index is 0.168. The Bertz CT molecular complexity index is 737. The van der Waals surface area contributed by atoms with E-state index in [9.17, 15) is 9.59 Å². The van der Waals surface area contributed by atoms with E-state index in [1.807, 2.05) is 39.8 Å². The highest BCUT2D eigenvalue weighted by Gasteiger charge is 2.15. The average Bonchev–Trinajstić information content (AvgIpc) is 2.88. The van der Waals surface area contributed by atoms with Crippen molar-refractivity contribution >= 4 is 17.8 Å². The van der Waals surface area contributed by atoms with E-state index >= 15 is 0 Å². The van der Waals surface area contributed by atoms with E-state index in [2.05, 4.69) is 20.9 Å². The molecule has 0 saturated carbocycles. The Kier molecular flexibility index (Phi) is 6.16. The van der Waals surface area contributed by atoms with Crippen molar-refractivity contribution in [3.05, 3.63) is 47.0 Å². The van der Waals surface area contributed by atoms with Crippen molar-refractivity contribution in [2.75, 3.05) is 11.9 Å². The van der Waals surface area contributed by atoms with Crippen LogP contribution in [0.4, 0.5) is 10.6 Å². The molecule has 0 saturated heterocycles. The van der Waals surface area contributed by atoms with Crippen LogP contribution in [0.15, 0.2) is 28.8 Å². The van der Waals surface area contributed by atoms with E-state index in [-0.39, 0.29) is 30.9 Å². The number of hydrogen-bond acceptors (Lipinski definition) is 4. The van der Waals surface area contributed by atoms with E-state index in [4.69, 9.17) is 4.42 Å². The summed E-state index contributed by atoms with van der Waals surface area (Å²) in [7, 11) is 0. The zero-order valence-electron chi connectivity index (χ0n) is 15.0. The third-order valence-corrected chi connectivity index (χ3v) is 3.71. The number of carbonyl (C=O) groups is 2. The molecule has 2 aromatic heterocycles. The Balaban J connectivity index is 1.72. The molecule has 134 valence electrons. The van der Waals surface area contributed by atoms with E-state index in [1.165, 1.54) is 0 Å². The van der Waals surface area contributed by atoms with Crippen molar-refractivity contribution in [1.29, 1.82) is 0 Å². The maximum atomic E-state index is 11.9. The Morgan fingerprint density at radius 1 is 1.24 bits per heavy atom. The lowest BCUT2D eigenvalue weighted by molar-refractivity contribution is -0.116. The number of amides is 3. The molecule has 0 fully saturated rings. The third-order valence-electron chi connectivity index (χ3n) is 3.71. The van der Waals surface area contributed by atoms with Gasteiger partial charge in [0.05, 0.1) is 6.04 Å². The van der Waals surface area contributed by atoms with Gasteiger partial charge in [-0.05, 0) is 45.4 Å². The molecule has 0 unspecified atom stereocenters. The maximum Gasteiger partial charge on any atom is 0.315 e. The van der Waals surface area contributed by atoms with Crippen LogP contribution in [0.2, 0.25) is 0 Å². The van der Waals surface area contributed by atoms with Gasteiger partial charge in [0.15, 0.2) is 0 Å². The fourth-order valence-electron chi connectivity index (χ4n) is 2.44. The number of furan rings is 1. The molecule has 3 N–H and O–H groups in total. The van der Waals surface area contributed by atoms with Crippen LogP contribution in [0.25, 0.3) is 0 Å². The summed E-state index contributed by atoms with van der Waals surface area (Å²) in [6.07, 6.45) is 1.85. The monoisotopic (exact) mass is 344 g/mol. The second kappa shape index (κ2) is 8.32. The van der Waals surface area contributed by atoms with Crippen molar-refractivity contribution in [3.8, 4) is 0 Å². The van der Waals surface area contributed by atoms with Gasteiger partial charge in [-0.15, -0.1) is 0 Å². The van der Waals surface area contributed by atoms with Crippen molar-refractivity contribution in [1.82, 2.24) is 15.6 Å². The van der Waals surface area contributed by atoms with Crippen LogP contribution in [0.1, 0.15) is 42.0 Å². The minimum atomic E-state index is -0.327. The molecule has 0 radical (unpaired) electrons. The highest BCUT2D eigenvalue weighted by atomic mass is 16.3. The number of urea groups is 1. The molecule has 7 heteroatoms. The molecule has 0 aliphatic heterocycles. The Labute approximate surface area is 147 Å². The molecule has 0 spiro atoms. The molecular formula is C18H24N4O3. The van der Waals surface area contributed by atoms with Crippen molar-refractivity contribution < 1.29 is 14.0 Å². The smallest absolute Gasteiger partial charge is 0.315 e. The molecule has 25 heavy (non-hydrogen) atoms. The van der Waals surface area contributed by atoms with Gasteiger partial charge in [0, 0.05) is 24.7 Å². The molecule has 2 rings (SSSR count). The molecule has 3 amide bonds. The number of aromatic nitrogens is 1. The fraction of sp³-hybridized carbons (Fsp3) is 0.389. The summed E-state index contributed by atoms with van der Waals surface area (Å²) in [5.41, 5.74) is 1.96. The van der Waals surface area contributed by atoms with E-state index in [0.29, 0.717) is 5.82 Å². The van der Waals surface area contributed by atoms with Gasteiger partial charge in [0.1, 0.15) is 17.3 Å². The van der Waals surface area contributed by atoms with Crippen LogP contribution in [0.3, 0.4) is 0 Å². The number of pyridine rings is 1. The van der Waals surface area contributed by atoms with Gasteiger partial charge in [0.25, 0.3) is 0 Å². The van der Waals surface area contributed by atoms with E-state index < -0.39 is 0 Å². The fourth-order valence-corrected chi connectivity index (χ4v) is 2.44. The Morgan fingerprint density at radius 2 is 2.00 bits per heavy atom. The largest absolute Gasteiger partial charge is 0.466 e. The third kappa shape index (κ3) is 5.63. The number of anilines is 1. The average molecular weight is 344 g/mol. The van der Waals surface area contributed by atoms with Gasteiger partial charge in [-0.25, -0.2) is 9.78 Å². The van der Waals surface area contributed by atoms with Crippen LogP contribution in [-0.4, -0.2) is 23.5 Å². The quantitative estimate of drug-likeness (QED) is 0.750. The lowest BCUT2D eigenvalue weighted by atomic mass is 10.1. The molecule has 1 atom stereocenters. The molecular weight excluding hydrogens is 320 g/mol. The van der Waals surface area contributed by atoms with Crippen molar-refractivity contribution in [3.63, 3.8) is 0 Å². The molecule has 7 nitrogen and oxygen atoms in total. The van der Waals surface area contributed by atoms with E-state index in [1.54, 1.807) is 12.3 Å². The van der Waals surface area contributed by atoms with Crippen molar-refractivity contribution in [2.45, 2.75) is 40.2 Å². The number of aryl methyl sites for hydroxylation is 3. The van der Waals surface area contributed by atoms with Gasteiger partial charge in [0.2, 0.25) is 5.91 Å². The first kappa shape index (κ1) is 18.5. The van der Waals surface area contributed by atoms with Gasteiger partial charge < -0.3 is 20.4 Å². The molecule has 2 aromatic rings. The Morgan fingerprint density at radius 3 is 2.60 bits per heavy atom. The number of nitrogens with one attached hydrogen (secondary N) is 3. The first-order valence-corrected chi connectivity index (χ1v) is 8.19. The normalized spacial score (nSPS) is 11.7. The topological polar surface area (TPSA) is 96.3 Å². The van der Waals surface area contributed by atoms with Crippen molar-refractivity contribution in [2.24, 2.45) is 0 Å². The van der Waals surface area contributed by atoms with Crippen LogP contribution in [0, 0.1) is 20.8 Å². The minimum Gasteiger partial charge on any atom is -0.466 e. The van der Waals surface area contributed by atoms with Crippen LogP contribution in [-0.2, 0) is 4.79 Å². The highest BCUT2D eigenvalue weighted by Crippen LogP contribution is 2.20. The lowest BCUT2D eigenvalue weighted by Crippen LogP contribution is -2.38. The maximum absolute atomic E-state index is 11.9. The zero-order chi connectivity index (χ0) is 18.4. The second-order valence-electron chi connectivity index (χ2n) is 6.01. The van der Waals surface area contributed by atoms with Crippen LogP contribution >= 0.6 is 0 Å². The van der Waals surface area contributed by atoms with Gasteiger partial charge in [-0.3, -0.25) is 4.79 Å². The SMILES string of the molecule is Cc1ccc(NC(=O)CCNC(=O)N[C@H](C)c2cc(C)oc2C)nc1. The molecule has 0 aromatic carbocycles. The summed E-state index contributed by atoms with van der Waals surface area (Å²) in [6, 6.07) is 5.01.